The van der Waals surface area contributed by atoms with Crippen molar-refractivity contribution >= 4 is 54.0 Å². The Kier molecular flexibility index (Phi) is 7.38. The number of anilines is 2. The summed E-state index contributed by atoms with van der Waals surface area (Å²) in [7, 11) is -7.98. The summed E-state index contributed by atoms with van der Waals surface area (Å²) in [4.78, 5) is 33.7. The van der Waals surface area contributed by atoms with E-state index in [4.69, 9.17) is 0 Å². The van der Waals surface area contributed by atoms with Crippen LogP contribution in [0.15, 0.2) is 27.7 Å². The van der Waals surface area contributed by atoms with Gasteiger partial charge in [-0.25, -0.2) is 41.4 Å². The molecule has 0 radical (unpaired) electrons. The van der Waals surface area contributed by atoms with Crippen LogP contribution in [0.2, 0.25) is 0 Å². The van der Waals surface area contributed by atoms with Crippen molar-refractivity contribution in [3.63, 3.8) is 0 Å². The standard InChI is InChI=1S/C18H21N9O6S3/c1-35(30,31)20-9-12-15(36(32,33)18-24-26-27-25-18)34-17(21-12)23-16(29)22-14-11(7-4-8-19-14)13(28)10-5-2-3-6-10/h4,7-8,10,20H,2-3,5-6,9H2,1H3,(H,24,25,26,27)(H2,19,21,22,23,29). The lowest BCUT2D eigenvalue weighted by Crippen LogP contribution is -2.23. The zero-order valence-electron chi connectivity index (χ0n) is 18.8. The number of carbonyl (C=O) groups excluding carboxylic acids is 2. The van der Waals surface area contributed by atoms with Crippen molar-refractivity contribution < 1.29 is 26.4 Å². The molecule has 18 heteroatoms. The molecule has 3 aromatic heterocycles. The number of sulfonamides is 1. The van der Waals surface area contributed by atoms with E-state index in [1.165, 1.54) is 6.20 Å². The first kappa shape index (κ1) is 25.7. The molecular formula is C18H21N9O6S3. The zero-order valence-corrected chi connectivity index (χ0v) is 21.2. The van der Waals surface area contributed by atoms with Gasteiger partial charge in [0.25, 0.3) is 15.0 Å². The Labute approximate surface area is 209 Å². The van der Waals surface area contributed by atoms with Crippen LogP contribution < -0.4 is 15.4 Å². The molecule has 4 N–H and O–H groups in total. The summed E-state index contributed by atoms with van der Waals surface area (Å²) < 4.78 is 50.7. The van der Waals surface area contributed by atoms with E-state index in [9.17, 15) is 26.4 Å². The summed E-state index contributed by atoms with van der Waals surface area (Å²) in [5.41, 5.74) is 0.102. The van der Waals surface area contributed by atoms with Gasteiger partial charge in [0.1, 0.15) is 5.82 Å². The first-order valence-corrected chi connectivity index (χ1v) is 14.7. The number of rotatable bonds is 9. The van der Waals surface area contributed by atoms with E-state index in [0.29, 0.717) is 11.3 Å². The normalized spacial score (nSPS) is 14.6. The Morgan fingerprint density at radius 1 is 1.17 bits per heavy atom. The largest absolute Gasteiger partial charge is 0.326 e. The average molecular weight is 556 g/mol. The van der Waals surface area contributed by atoms with Gasteiger partial charge in [0.05, 0.1) is 24.1 Å². The van der Waals surface area contributed by atoms with Crippen molar-refractivity contribution in [3.8, 4) is 0 Å². The van der Waals surface area contributed by atoms with Gasteiger partial charge in [0.2, 0.25) is 10.0 Å². The minimum Gasteiger partial charge on any atom is -0.294 e. The van der Waals surface area contributed by atoms with Gasteiger partial charge in [-0.15, -0.1) is 0 Å². The molecule has 3 heterocycles. The number of nitrogens with one attached hydrogen (secondary N) is 4. The van der Waals surface area contributed by atoms with Crippen LogP contribution in [0.1, 0.15) is 41.7 Å². The number of pyridine rings is 1. The molecule has 0 aromatic carbocycles. The highest BCUT2D eigenvalue weighted by Gasteiger charge is 2.30. The Hall–Kier alpha value is -3.35. The topological polar surface area (TPSA) is 219 Å². The number of hydrogen-bond acceptors (Lipinski definition) is 12. The fourth-order valence-corrected chi connectivity index (χ4v) is 6.54. The minimum atomic E-state index is -4.29. The second-order valence-corrected chi connectivity index (χ2v) is 12.8. The van der Waals surface area contributed by atoms with Gasteiger partial charge in [0, 0.05) is 12.1 Å². The van der Waals surface area contributed by atoms with Crippen molar-refractivity contribution in [3.05, 3.63) is 29.6 Å². The molecule has 1 fully saturated rings. The maximum Gasteiger partial charge on any atom is 0.326 e. The number of amides is 2. The number of tetrazole rings is 1. The zero-order chi connectivity index (χ0) is 25.9. The molecule has 0 aliphatic heterocycles. The lowest BCUT2D eigenvalue weighted by atomic mass is 9.97. The predicted molar refractivity (Wildman–Crippen MR) is 127 cm³/mol. The summed E-state index contributed by atoms with van der Waals surface area (Å²) >= 11 is 0.576. The van der Waals surface area contributed by atoms with Crippen LogP contribution >= 0.6 is 11.3 Å². The van der Waals surface area contributed by atoms with Crippen molar-refractivity contribution in [2.24, 2.45) is 5.92 Å². The SMILES string of the molecule is CS(=O)(=O)NCc1nc(NC(=O)Nc2ncccc2C(=O)C2CCCC2)sc1S(=O)(=O)c1nnn[nH]1. The molecule has 15 nitrogen and oxygen atoms in total. The van der Waals surface area contributed by atoms with Crippen molar-refractivity contribution in [1.82, 2.24) is 35.3 Å². The summed E-state index contributed by atoms with van der Waals surface area (Å²) in [6, 6.07) is 2.36. The molecule has 1 saturated carbocycles. The minimum absolute atomic E-state index is 0.0583. The summed E-state index contributed by atoms with van der Waals surface area (Å²) in [5.74, 6) is -0.170. The second kappa shape index (κ2) is 10.3. The molecule has 1 aliphatic carbocycles. The summed E-state index contributed by atoms with van der Waals surface area (Å²) in [6.45, 7) is -0.463. The Morgan fingerprint density at radius 3 is 2.58 bits per heavy atom. The van der Waals surface area contributed by atoms with E-state index >= 15 is 0 Å². The first-order chi connectivity index (χ1) is 17.0. The van der Waals surface area contributed by atoms with Crippen LogP contribution in [0.4, 0.5) is 15.7 Å². The number of ketones is 1. The van der Waals surface area contributed by atoms with Crippen LogP contribution in [0.25, 0.3) is 0 Å². The fraction of sp³-hybridized carbons (Fsp3) is 0.389. The second-order valence-electron chi connectivity index (χ2n) is 7.88. The molecule has 192 valence electrons. The number of sulfone groups is 1. The maximum atomic E-state index is 12.9. The predicted octanol–water partition coefficient (Wildman–Crippen LogP) is 0.950. The fourth-order valence-electron chi connectivity index (χ4n) is 3.61. The van der Waals surface area contributed by atoms with Crippen LogP contribution in [0, 0.1) is 5.92 Å². The van der Waals surface area contributed by atoms with E-state index in [1.54, 1.807) is 12.1 Å². The quantitative estimate of drug-likeness (QED) is 0.272. The third-order valence-corrected chi connectivity index (χ3v) is 9.03. The Morgan fingerprint density at radius 2 is 1.92 bits per heavy atom. The van der Waals surface area contributed by atoms with E-state index in [1.807, 2.05) is 0 Å². The van der Waals surface area contributed by atoms with Gasteiger partial charge < -0.3 is 0 Å². The third kappa shape index (κ3) is 5.89. The average Bonchev–Trinajstić information content (AvgIpc) is 3.59. The molecule has 3 aromatic rings. The molecule has 2 amide bonds. The van der Waals surface area contributed by atoms with Gasteiger partial charge in [0.15, 0.2) is 15.1 Å². The smallest absolute Gasteiger partial charge is 0.294 e. The highest BCUT2D eigenvalue weighted by Crippen LogP contribution is 2.32. The molecule has 4 rings (SSSR count). The molecule has 0 spiro atoms. The van der Waals surface area contributed by atoms with Crippen LogP contribution in [0.5, 0.6) is 0 Å². The molecule has 1 aliphatic rings. The van der Waals surface area contributed by atoms with Gasteiger partial charge in [-0.05, 0) is 35.4 Å². The lowest BCUT2D eigenvalue weighted by Gasteiger charge is -2.12. The number of thiazole rings is 1. The maximum absolute atomic E-state index is 12.9. The number of urea groups is 1. The van der Waals surface area contributed by atoms with Crippen LogP contribution in [0.3, 0.4) is 0 Å². The van der Waals surface area contributed by atoms with Crippen LogP contribution in [-0.4, -0.2) is 65.5 Å². The highest BCUT2D eigenvalue weighted by molar-refractivity contribution is 7.93. The van der Waals surface area contributed by atoms with E-state index in [0.717, 1.165) is 31.9 Å². The van der Waals surface area contributed by atoms with Crippen LogP contribution in [-0.2, 0) is 26.4 Å². The van der Waals surface area contributed by atoms with E-state index in [2.05, 4.69) is 45.9 Å². The number of carbonyl (C=O) groups is 2. The number of nitrogens with zero attached hydrogens (tertiary/aromatic N) is 5. The van der Waals surface area contributed by atoms with Gasteiger partial charge in [-0.2, -0.15) is 0 Å². The number of Topliss-reactive ketones (excluding diaryl/α,β-unsaturated/α-hetero) is 1. The first-order valence-electron chi connectivity index (χ1n) is 10.5. The number of aromatic nitrogens is 6. The molecule has 36 heavy (non-hydrogen) atoms. The Bertz CT molecular complexity index is 1480. The molecular weight excluding hydrogens is 534 g/mol. The summed E-state index contributed by atoms with van der Waals surface area (Å²) in [6.07, 6.45) is 5.82. The molecule has 0 atom stereocenters. The van der Waals surface area contributed by atoms with Gasteiger partial charge in [-0.3, -0.25) is 15.4 Å². The van der Waals surface area contributed by atoms with E-state index < -0.39 is 37.6 Å². The molecule has 0 saturated heterocycles. The number of hydrogen-bond donors (Lipinski definition) is 4. The molecule has 0 unspecified atom stereocenters. The summed E-state index contributed by atoms with van der Waals surface area (Å²) in [5, 5.41) is 16.2. The third-order valence-electron chi connectivity index (χ3n) is 5.24. The molecule has 0 bridgehead atoms. The monoisotopic (exact) mass is 555 g/mol. The number of H-pyrrole nitrogens is 1. The Balaban J connectivity index is 1.57. The van der Waals surface area contributed by atoms with Gasteiger partial charge in [-0.1, -0.05) is 29.3 Å². The van der Waals surface area contributed by atoms with Gasteiger partial charge >= 0.3 is 6.03 Å². The van der Waals surface area contributed by atoms with Crippen molar-refractivity contribution in [2.75, 3.05) is 16.9 Å². The highest BCUT2D eigenvalue weighted by atomic mass is 32.2. The van der Waals surface area contributed by atoms with Crippen molar-refractivity contribution in [2.45, 2.75) is 41.6 Å². The number of aromatic amines is 1. The lowest BCUT2D eigenvalue weighted by molar-refractivity contribution is 0.0923. The van der Waals surface area contributed by atoms with E-state index in [-0.39, 0.29) is 38.1 Å². The van der Waals surface area contributed by atoms with Crippen molar-refractivity contribution in [1.29, 1.82) is 0 Å².